The minimum absolute atomic E-state index is 0.242. The van der Waals surface area contributed by atoms with Gasteiger partial charge >= 0.3 is 0 Å². The van der Waals surface area contributed by atoms with Crippen molar-refractivity contribution in [3.8, 4) is 22.9 Å². The predicted octanol–water partition coefficient (Wildman–Crippen LogP) is 6.90. The van der Waals surface area contributed by atoms with Gasteiger partial charge in [0.1, 0.15) is 13.2 Å². The van der Waals surface area contributed by atoms with Gasteiger partial charge in [-0.15, -0.1) is 0 Å². The summed E-state index contributed by atoms with van der Waals surface area (Å²) in [7, 11) is 0. The van der Waals surface area contributed by atoms with Gasteiger partial charge in [-0.1, -0.05) is 79.7 Å². The Labute approximate surface area is 225 Å². The van der Waals surface area contributed by atoms with Gasteiger partial charge in [-0.2, -0.15) is 4.98 Å². The van der Waals surface area contributed by atoms with Gasteiger partial charge in [0.25, 0.3) is 0 Å². The molecule has 1 aromatic heterocycles. The monoisotopic (exact) mass is 508 g/mol. The van der Waals surface area contributed by atoms with Gasteiger partial charge in [0.15, 0.2) is 0 Å². The standard InChI is InChI=1S/C33H36N2O3/c1-33(20-23-36)18-21-35(22-19-33)29-14-12-28(13-15-29)30-16-17-31(37-24-26-8-4-2-5-9-26)34-32(30)38-25-27-10-6-3-7-11-27/h2-17,36H,18-25H2,1H3. The molecular weight excluding hydrogens is 472 g/mol. The lowest BCUT2D eigenvalue weighted by Crippen LogP contribution is -2.39. The van der Waals surface area contributed by atoms with Crippen LogP contribution in [0.15, 0.2) is 97.1 Å². The van der Waals surface area contributed by atoms with E-state index in [1.54, 1.807) is 0 Å². The molecule has 0 atom stereocenters. The Balaban J connectivity index is 1.33. The number of aliphatic hydroxyl groups is 1. The van der Waals surface area contributed by atoms with Crippen molar-refractivity contribution in [2.24, 2.45) is 5.41 Å². The number of aliphatic hydroxyl groups excluding tert-OH is 1. The minimum atomic E-state index is 0.242. The second-order valence-corrected chi connectivity index (χ2v) is 10.4. The molecule has 196 valence electrons. The summed E-state index contributed by atoms with van der Waals surface area (Å²) in [4.78, 5) is 7.19. The molecule has 4 aromatic rings. The number of ether oxygens (including phenoxy) is 2. The Morgan fingerprint density at radius 2 is 1.37 bits per heavy atom. The highest BCUT2D eigenvalue weighted by Gasteiger charge is 2.29. The zero-order valence-electron chi connectivity index (χ0n) is 22.1. The van der Waals surface area contributed by atoms with E-state index in [2.05, 4.69) is 36.1 Å². The lowest BCUT2D eigenvalue weighted by molar-refractivity contribution is 0.165. The first-order valence-corrected chi connectivity index (χ1v) is 13.4. The number of rotatable bonds is 10. The smallest absolute Gasteiger partial charge is 0.225 e. The molecular formula is C33H36N2O3. The molecule has 0 radical (unpaired) electrons. The summed E-state index contributed by atoms with van der Waals surface area (Å²) in [6, 6.07) is 32.8. The molecule has 1 fully saturated rings. The number of nitrogens with zero attached hydrogens (tertiary/aromatic N) is 2. The maximum Gasteiger partial charge on any atom is 0.225 e. The largest absolute Gasteiger partial charge is 0.473 e. The molecule has 1 saturated heterocycles. The molecule has 0 saturated carbocycles. The first-order valence-electron chi connectivity index (χ1n) is 13.4. The fourth-order valence-electron chi connectivity index (χ4n) is 4.97. The quantitative estimate of drug-likeness (QED) is 0.253. The van der Waals surface area contributed by atoms with E-state index in [1.807, 2.05) is 72.8 Å². The molecule has 1 aliphatic rings. The molecule has 1 aliphatic heterocycles. The molecule has 1 N–H and O–H groups in total. The fraction of sp³-hybridized carbons (Fsp3) is 0.303. The van der Waals surface area contributed by atoms with Crippen molar-refractivity contribution in [2.75, 3.05) is 24.6 Å². The Hall–Kier alpha value is -3.83. The highest BCUT2D eigenvalue weighted by Crippen LogP contribution is 2.37. The molecule has 5 nitrogen and oxygen atoms in total. The van der Waals surface area contributed by atoms with Crippen LogP contribution in [0.4, 0.5) is 5.69 Å². The zero-order chi connectivity index (χ0) is 26.2. The average Bonchev–Trinajstić information content (AvgIpc) is 2.97. The van der Waals surface area contributed by atoms with E-state index < -0.39 is 0 Å². The summed E-state index contributed by atoms with van der Waals surface area (Å²) in [6.45, 7) is 5.46. The van der Waals surface area contributed by atoms with Crippen molar-refractivity contribution in [2.45, 2.75) is 39.4 Å². The predicted molar refractivity (Wildman–Crippen MR) is 152 cm³/mol. The van der Waals surface area contributed by atoms with E-state index in [1.165, 1.54) is 5.69 Å². The summed E-state index contributed by atoms with van der Waals surface area (Å²) < 4.78 is 12.2. The van der Waals surface area contributed by atoms with E-state index in [9.17, 15) is 5.11 Å². The summed E-state index contributed by atoms with van der Waals surface area (Å²) in [5.74, 6) is 1.10. The van der Waals surface area contributed by atoms with Crippen LogP contribution >= 0.6 is 0 Å². The Kier molecular flexibility index (Phi) is 8.25. The van der Waals surface area contributed by atoms with Crippen LogP contribution in [-0.4, -0.2) is 29.8 Å². The Bertz CT molecular complexity index is 1290. The van der Waals surface area contributed by atoms with Crippen LogP contribution in [0, 0.1) is 5.41 Å². The summed E-state index contributed by atoms with van der Waals surface area (Å²) >= 11 is 0. The molecule has 2 heterocycles. The normalized spacial score (nSPS) is 14.7. The van der Waals surface area contributed by atoms with E-state index in [4.69, 9.17) is 14.5 Å². The van der Waals surface area contributed by atoms with Gasteiger partial charge in [-0.05, 0) is 59.6 Å². The van der Waals surface area contributed by atoms with Gasteiger partial charge in [0, 0.05) is 37.0 Å². The van der Waals surface area contributed by atoms with Gasteiger partial charge < -0.3 is 19.5 Å². The second kappa shape index (κ2) is 12.1. The molecule has 0 spiro atoms. The van der Waals surface area contributed by atoms with Crippen LogP contribution in [0.5, 0.6) is 11.8 Å². The number of hydrogen-bond acceptors (Lipinski definition) is 5. The molecule has 0 bridgehead atoms. The average molecular weight is 509 g/mol. The van der Waals surface area contributed by atoms with E-state index in [-0.39, 0.29) is 12.0 Å². The number of pyridine rings is 1. The van der Waals surface area contributed by atoms with E-state index in [0.717, 1.165) is 54.6 Å². The third-order valence-corrected chi connectivity index (χ3v) is 7.51. The highest BCUT2D eigenvalue weighted by atomic mass is 16.5. The molecule has 5 rings (SSSR count). The van der Waals surface area contributed by atoms with Crippen LogP contribution in [0.1, 0.15) is 37.3 Å². The summed E-state index contributed by atoms with van der Waals surface area (Å²) in [5.41, 5.74) is 5.64. The van der Waals surface area contributed by atoms with Gasteiger partial charge in [0.2, 0.25) is 11.8 Å². The number of benzene rings is 3. The molecule has 3 aromatic carbocycles. The van der Waals surface area contributed by atoms with Crippen molar-refractivity contribution in [1.29, 1.82) is 0 Å². The van der Waals surface area contributed by atoms with Gasteiger partial charge in [-0.25, -0.2) is 0 Å². The molecule has 38 heavy (non-hydrogen) atoms. The SMILES string of the molecule is CC1(CCO)CCN(c2ccc(-c3ccc(OCc4ccccc4)nc3OCc3ccccc3)cc2)CC1. The third kappa shape index (κ3) is 6.53. The van der Waals surface area contributed by atoms with Crippen LogP contribution in [-0.2, 0) is 13.2 Å². The maximum absolute atomic E-state index is 9.39. The lowest BCUT2D eigenvalue weighted by atomic mass is 9.78. The number of aromatic nitrogens is 1. The molecule has 5 heteroatoms. The lowest BCUT2D eigenvalue weighted by Gasteiger charge is -2.40. The van der Waals surface area contributed by atoms with Crippen molar-refractivity contribution in [1.82, 2.24) is 4.98 Å². The number of hydrogen-bond donors (Lipinski definition) is 1. The zero-order valence-corrected chi connectivity index (χ0v) is 22.1. The number of piperidine rings is 1. The van der Waals surface area contributed by atoms with Crippen LogP contribution in [0.25, 0.3) is 11.1 Å². The number of anilines is 1. The van der Waals surface area contributed by atoms with Crippen molar-refractivity contribution < 1.29 is 14.6 Å². The van der Waals surface area contributed by atoms with Gasteiger partial charge in [-0.3, -0.25) is 0 Å². The topological polar surface area (TPSA) is 54.8 Å². The van der Waals surface area contributed by atoms with Crippen LogP contribution < -0.4 is 14.4 Å². The van der Waals surface area contributed by atoms with Crippen molar-refractivity contribution >= 4 is 5.69 Å². The first kappa shape index (κ1) is 25.8. The van der Waals surface area contributed by atoms with Crippen molar-refractivity contribution in [3.63, 3.8) is 0 Å². The van der Waals surface area contributed by atoms with Crippen molar-refractivity contribution in [3.05, 3.63) is 108 Å². The van der Waals surface area contributed by atoms with E-state index in [0.29, 0.717) is 25.0 Å². The molecule has 0 aliphatic carbocycles. The third-order valence-electron chi connectivity index (χ3n) is 7.51. The molecule has 0 unspecified atom stereocenters. The summed E-state index contributed by atoms with van der Waals surface area (Å²) in [5, 5.41) is 9.39. The molecule has 0 amide bonds. The van der Waals surface area contributed by atoms with E-state index >= 15 is 0 Å². The van der Waals surface area contributed by atoms with Crippen LogP contribution in [0.2, 0.25) is 0 Å². The summed E-state index contributed by atoms with van der Waals surface area (Å²) in [6.07, 6.45) is 3.08. The highest BCUT2D eigenvalue weighted by molar-refractivity contribution is 5.71. The van der Waals surface area contributed by atoms with Crippen LogP contribution in [0.3, 0.4) is 0 Å². The minimum Gasteiger partial charge on any atom is -0.473 e. The van der Waals surface area contributed by atoms with Gasteiger partial charge in [0.05, 0.1) is 0 Å². The second-order valence-electron chi connectivity index (χ2n) is 10.4. The Morgan fingerprint density at radius 3 is 1.97 bits per heavy atom. The first-order chi connectivity index (χ1) is 18.6. The maximum atomic E-state index is 9.39. The fourth-order valence-corrected chi connectivity index (χ4v) is 4.97. The Morgan fingerprint density at radius 1 is 0.763 bits per heavy atom.